The van der Waals surface area contributed by atoms with Crippen LogP contribution in [0.4, 0.5) is 17.1 Å². The van der Waals surface area contributed by atoms with Crippen molar-refractivity contribution in [3.63, 3.8) is 0 Å². The molecule has 43 heavy (non-hydrogen) atoms. The van der Waals surface area contributed by atoms with Crippen molar-refractivity contribution in [2.75, 3.05) is 4.90 Å². The Hall–Kier alpha value is -5.80. The van der Waals surface area contributed by atoms with Crippen LogP contribution >= 0.6 is 0 Å². The molecule has 0 saturated heterocycles. The Morgan fingerprint density at radius 2 is 0.837 bits per heavy atom. The van der Waals surface area contributed by atoms with Gasteiger partial charge in [-0.05, 0) is 88.6 Å². The second kappa shape index (κ2) is 9.37. The van der Waals surface area contributed by atoms with Crippen molar-refractivity contribution in [2.45, 2.75) is 0 Å². The van der Waals surface area contributed by atoms with E-state index >= 15 is 0 Å². The number of benzene rings is 7. The molecule has 0 amide bonds. The first kappa shape index (κ1) is 23.9. The number of para-hydroxylation sites is 2. The van der Waals surface area contributed by atoms with Gasteiger partial charge in [-0.25, -0.2) is 0 Å². The molecule has 9 rings (SSSR count). The van der Waals surface area contributed by atoms with Gasteiger partial charge in [-0.3, -0.25) is 0 Å². The Bertz CT molecular complexity index is 2440. The minimum atomic E-state index is 0.860. The lowest BCUT2D eigenvalue weighted by Crippen LogP contribution is -2.09. The van der Waals surface area contributed by atoms with E-state index in [-0.39, 0.29) is 0 Å². The summed E-state index contributed by atoms with van der Waals surface area (Å²) in [5, 5.41) is 6.85. The van der Waals surface area contributed by atoms with Gasteiger partial charge in [0.1, 0.15) is 22.3 Å². The zero-order chi connectivity index (χ0) is 28.3. The monoisotopic (exact) mass is 551 g/mol. The molecule has 3 nitrogen and oxygen atoms in total. The SMILES string of the molecule is c1ccc(-c2ccc(N(c3ccccc3)c3ccc4c(c3)oc3ccc5c(ccc6oc7ccccc7c65)c34)cc2)cc1. The number of nitrogens with zero attached hydrogens (tertiary/aromatic N) is 1. The zero-order valence-corrected chi connectivity index (χ0v) is 23.2. The summed E-state index contributed by atoms with van der Waals surface area (Å²) in [4.78, 5) is 2.28. The molecule has 0 radical (unpaired) electrons. The van der Waals surface area contributed by atoms with Crippen LogP contribution in [0.1, 0.15) is 0 Å². The molecule has 9 aromatic rings. The van der Waals surface area contributed by atoms with E-state index in [0.717, 1.165) is 60.9 Å². The van der Waals surface area contributed by atoms with Crippen molar-refractivity contribution in [3.8, 4) is 11.1 Å². The lowest BCUT2D eigenvalue weighted by molar-refractivity contribution is 0.668. The van der Waals surface area contributed by atoms with Crippen molar-refractivity contribution in [1.29, 1.82) is 0 Å². The van der Waals surface area contributed by atoms with Gasteiger partial charge in [0, 0.05) is 44.7 Å². The highest BCUT2D eigenvalue weighted by molar-refractivity contribution is 6.27. The van der Waals surface area contributed by atoms with Gasteiger partial charge in [-0.2, -0.15) is 0 Å². The lowest BCUT2D eigenvalue weighted by atomic mass is 9.99. The lowest BCUT2D eigenvalue weighted by Gasteiger charge is -2.25. The molecule has 0 unspecified atom stereocenters. The molecule has 0 aliphatic carbocycles. The van der Waals surface area contributed by atoms with Crippen molar-refractivity contribution in [2.24, 2.45) is 0 Å². The van der Waals surface area contributed by atoms with Gasteiger partial charge in [0.2, 0.25) is 0 Å². The molecule has 0 aliphatic heterocycles. The Balaban J connectivity index is 1.22. The molecule has 2 heterocycles. The molecule has 0 atom stereocenters. The van der Waals surface area contributed by atoms with Gasteiger partial charge in [-0.15, -0.1) is 0 Å². The summed E-state index contributed by atoms with van der Waals surface area (Å²) >= 11 is 0. The highest BCUT2D eigenvalue weighted by Crippen LogP contribution is 2.43. The largest absolute Gasteiger partial charge is 0.456 e. The number of fused-ring (bicyclic) bond motifs is 9. The second-order valence-corrected chi connectivity index (χ2v) is 10.9. The average molecular weight is 552 g/mol. The van der Waals surface area contributed by atoms with Crippen LogP contribution in [0, 0.1) is 0 Å². The summed E-state index contributed by atoms with van der Waals surface area (Å²) in [6.45, 7) is 0. The van der Waals surface area contributed by atoms with Crippen molar-refractivity contribution < 1.29 is 8.83 Å². The average Bonchev–Trinajstić information content (AvgIpc) is 3.64. The van der Waals surface area contributed by atoms with Crippen LogP contribution in [-0.4, -0.2) is 0 Å². The normalized spacial score (nSPS) is 11.7. The smallest absolute Gasteiger partial charge is 0.137 e. The molecule has 0 fully saturated rings. The van der Waals surface area contributed by atoms with E-state index in [1.54, 1.807) is 0 Å². The van der Waals surface area contributed by atoms with Crippen LogP contribution in [0.2, 0.25) is 0 Å². The molecular weight excluding hydrogens is 526 g/mol. The summed E-state index contributed by atoms with van der Waals surface area (Å²) in [5.41, 5.74) is 9.16. The summed E-state index contributed by atoms with van der Waals surface area (Å²) in [6, 6.07) is 53.0. The third kappa shape index (κ3) is 3.75. The van der Waals surface area contributed by atoms with Gasteiger partial charge < -0.3 is 13.7 Å². The third-order valence-corrected chi connectivity index (χ3v) is 8.46. The maximum atomic E-state index is 6.53. The number of furan rings is 2. The van der Waals surface area contributed by atoms with Crippen LogP contribution in [0.15, 0.2) is 160 Å². The number of hydrogen-bond acceptors (Lipinski definition) is 3. The van der Waals surface area contributed by atoms with Gasteiger partial charge >= 0.3 is 0 Å². The van der Waals surface area contributed by atoms with Crippen molar-refractivity contribution in [3.05, 3.63) is 152 Å². The fourth-order valence-corrected chi connectivity index (χ4v) is 6.49. The van der Waals surface area contributed by atoms with E-state index in [2.05, 4.69) is 132 Å². The minimum absolute atomic E-state index is 0.860. The quantitative estimate of drug-likeness (QED) is 0.218. The maximum absolute atomic E-state index is 6.53. The summed E-state index contributed by atoms with van der Waals surface area (Å²) < 4.78 is 12.7. The van der Waals surface area contributed by atoms with Crippen LogP contribution in [-0.2, 0) is 0 Å². The zero-order valence-electron chi connectivity index (χ0n) is 23.2. The highest BCUT2D eigenvalue weighted by atomic mass is 16.3. The predicted octanol–water partition coefficient (Wildman–Crippen LogP) is 11.8. The fraction of sp³-hybridized carbons (Fsp3) is 0. The molecule has 3 heteroatoms. The second-order valence-electron chi connectivity index (χ2n) is 10.9. The van der Waals surface area contributed by atoms with Gasteiger partial charge in [-0.1, -0.05) is 78.9 Å². The first-order valence-corrected chi connectivity index (χ1v) is 14.5. The molecule has 202 valence electrons. The van der Waals surface area contributed by atoms with Gasteiger partial charge in [0.15, 0.2) is 0 Å². The molecule has 0 saturated carbocycles. The Labute approximate surface area is 247 Å². The van der Waals surface area contributed by atoms with Gasteiger partial charge in [0.05, 0.1) is 0 Å². The fourth-order valence-electron chi connectivity index (χ4n) is 6.49. The number of anilines is 3. The molecule has 0 aliphatic rings. The standard InChI is InChI=1S/C40H25NO2/c1-3-9-26(10-4-1)27-15-17-29(18-16-27)41(28-11-5-2-6-12-28)30-19-20-34-38(25-30)43-37-24-22-31-32(40(34)37)21-23-36-39(31)33-13-7-8-14-35(33)42-36/h1-25H. The van der Waals surface area contributed by atoms with Crippen molar-refractivity contribution >= 4 is 71.7 Å². The summed E-state index contributed by atoms with van der Waals surface area (Å²) in [6.07, 6.45) is 0. The van der Waals surface area contributed by atoms with Crippen LogP contribution in [0.3, 0.4) is 0 Å². The van der Waals surface area contributed by atoms with E-state index < -0.39 is 0 Å². The molecule has 7 aromatic carbocycles. The first-order chi connectivity index (χ1) is 21.3. The Morgan fingerprint density at radius 3 is 1.56 bits per heavy atom. The first-order valence-electron chi connectivity index (χ1n) is 14.5. The predicted molar refractivity (Wildman–Crippen MR) is 179 cm³/mol. The summed E-state index contributed by atoms with van der Waals surface area (Å²) in [7, 11) is 0. The highest BCUT2D eigenvalue weighted by Gasteiger charge is 2.18. The maximum Gasteiger partial charge on any atom is 0.137 e. The van der Waals surface area contributed by atoms with Crippen LogP contribution in [0.25, 0.3) is 65.8 Å². The number of hydrogen-bond donors (Lipinski definition) is 0. The molecule has 0 bridgehead atoms. The minimum Gasteiger partial charge on any atom is -0.456 e. The molecule has 0 spiro atoms. The van der Waals surface area contributed by atoms with Crippen LogP contribution in [0.5, 0.6) is 0 Å². The van der Waals surface area contributed by atoms with E-state index in [1.807, 2.05) is 24.3 Å². The van der Waals surface area contributed by atoms with E-state index in [9.17, 15) is 0 Å². The molecule has 2 aromatic heterocycles. The Kier molecular flexibility index (Phi) is 5.20. The molecular formula is C40H25NO2. The Morgan fingerprint density at radius 1 is 0.326 bits per heavy atom. The van der Waals surface area contributed by atoms with Crippen molar-refractivity contribution in [1.82, 2.24) is 0 Å². The van der Waals surface area contributed by atoms with E-state index in [4.69, 9.17) is 8.83 Å². The topological polar surface area (TPSA) is 29.5 Å². The molecule has 0 N–H and O–H groups in total. The van der Waals surface area contributed by atoms with E-state index in [0.29, 0.717) is 0 Å². The van der Waals surface area contributed by atoms with Crippen LogP contribution < -0.4 is 4.90 Å². The van der Waals surface area contributed by atoms with Gasteiger partial charge in [0.25, 0.3) is 0 Å². The number of rotatable bonds is 4. The summed E-state index contributed by atoms with van der Waals surface area (Å²) in [5.74, 6) is 0. The third-order valence-electron chi connectivity index (χ3n) is 8.46. The van der Waals surface area contributed by atoms with E-state index in [1.165, 1.54) is 21.9 Å².